The number of urea groups is 1. The molecule has 0 N–H and O–H groups in total. The van der Waals surface area contributed by atoms with Crippen molar-refractivity contribution >= 4 is 39.3 Å². The molecular formula is C22H24N2O6S2. The molecule has 170 valence electrons. The van der Waals surface area contributed by atoms with Gasteiger partial charge in [-0.15, -0.1) is 11.8 Å². The highest BCUT2D eigenvalue weighted by Crippen LogP contribution is 2.38. The number of hydrogen-bond acceptors (Lipinski definition) is 7. The van der Waals surface area contributed by atoms with Crippen LogP contribution in [0.5, 0.6) is 5.75 Å². The van der Waals surface area contributed by atoms with Crippen LogP contribution in [0.2, 0.25) is 0 Å². The van der Waals surface area contributed by atoms with Crippen molar-refractivity contribution in [3.05, 3.63) is 53.6 Å². The molecule has 0 aromatic heterocycles. The molecule has 0 unspecified atom stereocenters. The summed E-state index contributed by atoms with van der Waals surface area (Å²) < 4.78 is 35.2. The predicted octanol–water partition coefficient (Wildman–Crippen LogP) is 2.81. The van der Waals surface area contributed by atoms with Crippen molar-refractivity contribution in [2.45, 2.75) is 23.5 Å². The molecule has 2 atom stereocenters. The lowest BCUT2D eigenvalue weighted by atomic mass is 10.1. The molecule has 2 fully saturated rings. The van der Waals surface area contributed by atoms with Crippen molar-refractivity contribution in [2.75, 3.05) is 36.9 Å². The third-order valence-corrected chi connectivity index (χ3v) is 8.28. The van der Waals surface area contributed by atoms with Crippen LogP contribution in [0, 0.1) is 0 Å². The highest BCUT2D eigenvalue weighted by Gasteiger charge is 2.54. The summed E-state index contributed by atoms with van der Waals surface area (Å²) in [5.74, 6) is -0.173. The van der Waals surface area contributed by atoms with Crippen molar-refractivity contribution in [1.29, 1.82) is 0 Å². The molecule has 0 spiro atoms. The van der Waals surface area contributed by atoms with Crippen molar-refractivity contribution < 1.29 is 27.5 Å². The van der Waals surface area contributed by atoms with Gasteiger partial charge in [-0.1, -0.05) is 6.07 Å². The summed E-state index contributed by atoms with van der Waals surface area (Å²) in [7, 11) is -0.496. The Kier molecular flexibility index (Phi) is 6.09. The van der Waals surface area contributed by atoms with Gasteiger partial charge in [-0.05, 0) is 42.7 Å². The number of amides is 2. The van der Waals surface area contributed by atoms with Gasteiger partial charge in [0.1, 0.15) is 5.75 Å². The van der Waals surface area contributed by atoms with Crippen LogP contribution >= 0.6 is 11.8 Å². The van der Waals surface area contributed by atoms with Gasteiger partial charge in [-0.3, -0.25) is 4.90 Å². The minimum atomic E-state index is -3.30. The van der Waals surface area contributed by atoms with E-state index < -0.39 is 27.9 Å². The van der Waals surface area contributed by atoms with Gasteiger partial charge in [0, 0.05) is 16.1 Å². The van der Waals surface area contributed by atoms with Gasteiger partial charge < -0.3 is 14.4 Å². The summed E-state index contributed by atoms with van der Waals surface area (Å²) in [5, 5.41) is 0. The first kappa shape index (κ1) is 22.5. The lowest BCUT2D eigenvalue weighted by Gasteiger charge is -2.24. The SMILES string of the molecule is COC(=O)c1ccc(OC)c(CN2C(=O)N(c3cccc(SC)c3)[C@@H]3CS(=O)(=O)C[C@H]32)c1. The fourth-order valence-corrected chi connectivity index (χ4v) is 6.76. The Morgan fingerprint density at radius 1 is 1.12 bits per heavy atom. The maximum Gasteiger partial charge on any atom is 0.337 e. The summed E-state index contributed by atoms with van der Waals surface area (Å²) in [4.78, 5) is 29.7. The van der Waals surface area contributed by atoms with E-state index in [0.29, 0.717) is 22.6 Å². The lowest BCUT2D eigenvalue weighted by Crippen LogP contribution is -2.37. The number of carbonyl (C=O) groups is 2. The Labute approximate surface area is 191 Å². The van der Waals surface area contributed by atoms with Gasteiger partial charge in [0.25, 0.3) is 0 Å². The van der Waals surface area contributed by atoms with Gasteiger partial charge in [-0.2, -0.15) is 0 Å². The molecule has 0 saturated carbocycles. The van der Waals surface area contributed by atoms with Crippen molar-refractivity contribution in [1.82, 2.24) is 4.90 Å². The van der Waals surface area contributed by atoms with Crippen LogP contribution in [0.4, 0.5) is 10.5 Å². The van der Waals surface area contributed by atoms with Gasteiger partial charge >= 0.3 is 12.0 Å². The highest BCUT2D eigenvalue weighted by atomic mass is 32.2. The van der Waals surface area contributed by atoms with Crippen LogP contribution < -0.4 is 9.64 Å². The third kappa shape index (κ3) is 4.04. The molecule has 2 aromatic rings. The molecule has 2 aliphatic heterocycles. The van der Waals surface area contributed by atoms with E-state index in [0.717, 1.165) is 4.90 Å². The van der Waals surface area contributed by atoms with Crippen molar-refractivity contribution in [2.24, 2.45) is 0 Å². The van der Waals surface area contributed by atoms with Crippen molar-refractivity contribution in [3.63, 3.8) is 0 Å². The number of ether oxygens (including phenoxy) is 2. The number of thioether (sulfide) groups is 1. The van der Waals surface area contributed by atoms with Gasteiger partial charge in [0.15, 0.2) is 9.84 Å². The minimum absolute atomic E-state index is 0.0806. The number of esters is 1. The normalized spacial score (nSPS) is 21.5. The van der Waals surface area contributed by atoms with E-state index in [9.17, 15) is 18.0 Å². The molecule has 10 heteroatoms. The molecule has 8 nitrogen and oxygen atoms in total. The fourth-order valence-electron chi connectivity index (χ4n) is 4.35. The molecule has 2 heterocycles. The Morgan fingerprint density at radius 2 is 1.88 bits per heavy atom. The van der Waals surface area contributed by atoms with Crippen LogP contribution in [0.1, 0.15) is 15.9 Å². The van der Waals surface area contributed by atoms with Gasteiger partial charge in [-0.25, -0.2) is 18.0 Å². The van der Waals surface area contributed by atoms with E-state index in [4.69, 9.17) is 9.47 Å². The summed E-state index contributed by atoms with van der Waals surface area (Å²) in [6.07, 6.45) is 1.95. The molecule has 2 aromatic carbocycles. The lowest BCUT2D eigenvalue weighted by molar-refractivity contribution is 0.0600. The van der Waals surface area contributed by atoms with E-state index in [-0.39, 0.29) is 24.1 Å². The topological polar surface area (TPSA) is 93.2 Å². The zero-order chi connectivity index (χ0) is 23.0. The summed E-state index contributed by atoms with van der Waals surface area (Å²) >= 11 is 1.55. The van der Waals surface area contributed by atoms with E-state index in [2.05, 4.69) is 0 Å². The van der Waals surface area contributed by atoms with E-state index in [1.165, 1.54) is 14.2 Å². The zero-order valence-corrected chi connectivity index (χ0v) is 19.6. The second kappa shape index (κ2) is 8.67. The number of anilines is 1. The second-order valence-corrected chi connectivity index (χ2v) is 10.7. The molecule has 2 aliphatic rings. The third-order valence-electron chi connectivity index (χ3n) is 5.85. The quantitative estimate of drug-likeness (QED) is 0.360. The number of benzene rings is 2. The molecule has 32 heavy (non-hydrogen) atoms. The van der Waals surface area contributed by atoms with Crippen molar-refractivity contribution in [3.8, 4) is 5.75 Å². The Hall–Kier alpha value is -2.72. The van der Waals surface area contributed by atoms with E-state index in [1.807, 2.05) is 30.5 Å². The number of rotatable bonds is 6. The number of carbonyl (C=O) groups excluding carboxylic acids is 2. The molecule has 2 amide bonds. The molecular weight excluding hydrogens is 452 g/mol. The van der Waals surface area contributed by atoms with Crippen LogP contribution in [-0.2, 0) is 21.1 Å². The molecule has 0 bridgehead atoms. The molecule has 0 aliphatic carbocycles. The maximum absolute atomic E-state index is 13.5. The predicted molar refractivity (Wildman–Crippen MR) is 122 cm³/mol. The monoisotopic (exact) mass is 476 g/mol. The van der Waals surface area contributed by atoms with Crippen LogP contribution in [0.15, 0.2) is 47.4 Å². The van der Waals surface area contributed by atoms with E-state index in [1.54, 1.807) is 39.8 Å². The number of hydrogen-bond donors (Lipinski definition) is 0. The standard InChI is InChI=1S/C22H24N2O6S2/c1-29-20-8-7-14(21(25)30-2)9-15(20)11-23-18-12-32(27,28)13-19(18)24(22(23)26)16-5-4-6-17(10-16)31-3/h4-10,18-19H,11-13H2,1-3H3/t18-,19-/m1/s1. The van der Waals surface area contributed by atoms with Crippen LogP contribution in [0.3, 0.4) is 0 Å². The summed E-state index contributed by atoms with van der Waals surface area (Å²) in [6, 6.07) is 11.1. The number of sulfone groups is 1. The minimum Gasteiger partial charge on any atom is -0.496 e. The Morgan fingerprint density at radius 3 is 2.56 bits per heavy atom. The summed E-state index contributed by atoms with van der Waals surface area (Å²) in [6.45, 7) is 0.113. The van der Waals surface area contributed by atoms with Crippen LogP contribution in [-0.4, -0.2) is 69.4 Å². The second-order valence-electron chi connectivity index (χ2n) is 7.71. The highest BCUT2D eigenvalue weighted by molar-refractivity contribution is 7.98. The first-order valence-corrected chi connectivity index (χ1v) is 13.0. The first-order valence-electron chi connectivity index (χ1n) is 9.97. The summed E-state index contributed by atoms with van der Waals surface area (Å²) in [5.41, 5.74) is 1.60. The maximum atomic E-state index is 13.5. The van der Waals surface area contributed by atoms with E-state index >= 15 is 0 Å². The first-order chi connectivity index (χ1) is 15.3. The average molecular weight is 477 g/mol. The Bertz CT molecular complexity index is 1170. The number of nitrogens with zero attached hydrogens (tertiary/aromatic N) is 2. The smallest absolute Gasteiger partial charge is 0.337 e. The zero-order valence-electron chi connectivity index (χ0n) is 18.0. The molecule has 2 saturated heterocycles. The average Bonchev–Trinajstić information content (AvgIpc) is 3.22. The Balaban J connectivity index is 1.73. The van der Waals surface area contributed by atoms with Gasteiger partial charge in [0.2, 0.25) is 0 Å². The molecule has 4 rings (SSSR count). The molecule has 0 radical (unpaired) electrons. The number of methoxy groups -OCH3 is 2. The fraction of sp³-hybridized carbons (Fsp3) is 0.364. The van der Waals surface area contributed by atoms with Crippen LogP contribution in [0.25, 0.3) is 0 Å². The van der Waals surface area contributed by atoms with Gasteiger partial charge in [0.05, 0.1) is 49.9 Å². The number of fused-ring (bicyclic) bond motifs is 1. The largest absolute Gasteiger partial charge is 0.496 e.